The molecule has 0 aliphatic heterocycles. The SMILES string of the molecule is COC(=O)C/C(=C\Nc1nc(C)cs1)C(=O)OC.COC(=O)Cc1cnc2scc(C)n2c1=O. The van der Waals surface area contributed by atoms with Gasteiger partial charge < -0.3 is 19.5 Å². The Balaban J connectivity index is 0.000000241. The van der Waals surface area contributed by atoms with Crippen LogP contribution in [0.4, 0.5) is 5.13 Å². The summed E-state index contributed by atoms with van der Waals surface area (Å²) in [6.07, 6.45) is 2.65. The van der Waals surface area contributed by atoms with Crippen LogP contribution in [-0.2, 0) is 35.0 Å². The number of aromatic nitrogens is 3. The predicted octanol–water partition coefficient (Wildman–Crippen LogP) is 2.26. The number of fused-ring (bicyclic) bond motifs is 1. The second kappa shape index (κ2) is 12.6. The molecular weight excluding hydrogens is 484 g/mol. The number of aryl methyl sites for hydroxylation is 2. The Hall–Kier alpha value is -3.58. The van der Waals surface area contributed by atoms with Crippen molar-refractivity contribution in [3.8, 4) is 0 Å². The zero-order valence-corrected chi connectivity index (χ0v) is 20.9. The van der Waals surface area contributed by atoms with E-state index in [1.165, 1.54) is 60.8 Å². The van der Waals surface area contributed by atoms with Crippen LogP contribution in [0.2, 0.25) is 0 Å². The molecule has 3 aromatic rings. The summed E-state index contributed by atoms with van der Waals surface area (Å²) in [6, 6.07) is 0. The fourth-order valence-corrected chi connectivity index (χ4v) is 4.01. The van der Waals surface area contributed by atoms with E-state index in [9.17, 15) is 19.2 Å². The third-order valence-electron chi connectivity index (χ3n) is 4.25. The van der Waals surface area contributed by atoms with Gasteiger partial charge in [-0.25, -0.2) is 14.8 Å². The number of ether oxygens (including phenoxy) is 3. The largest absolute Gasteiger partial charge is 0.469 e. The summed E-state index contributed by atoms with van der Waals surface area (Å²) in [7, 11) is 3.80. The standard InChI is InChI=1S/C11H14N2O4S.C10H10N2O3S/c1-7-6-18-11(13-7)12-5-8(10(15)17-3)4-9(14)16-2;1-6-5-16-10-11-4-7(3-8(13)15-2)9(14)12(6)10/h5-6H,4H2,1-3H3,(H,12,13);4-5H,3H2,1-2H3/b8-5+;. The lowest BCUT2D eigenvalue weighted by molar-refractivity contribution is -0.143. The van der Waals surface area contributed by atoms with Gasteiger partial charge in [-0.2, -0.15) is 0 Å². The van der Waals surface area contributed by atoms with Crippen LogP contribution in [0.15, 0.2) is 33.5 Å². The van der Waals surface area contributed by atoms with Crippen molar-refractivity contribution in [2.45, 2.75) is 26.7 Å². The summed E-state index contributed by atoms with van der Waals surface area (Å²) in [4.78, 5) is 54.6. The van der Waals surface area contributed by atoms with Crippen molar-refractivity contribution in [3.05, 3.63) is 56.0 Å². The molecule has 0 spiro atoms. The Kier molecular flexibility index (Phi) is 9.89. The molecule has 0 aliphatic rings. The number of rotatable bonds is 7. The molecule has 0 unspecified atom stereocenters. The molecular formula is C21H24N4O7S2. The van der Waals surface area contributed by atoms with Crippen molar-refractivity contribution >= 4 is 50.7 Å². The van der Waals surface area contributed by atoms with E-state index in [1.807, 2.05) is 24.6 Å². The molecule has 34 heavy (non-hydrogen) atoms. The number of hydrogen-bond donors (Lipinski definition) is 1. The molecule has 13 heteroatoms. The predicted molar refractivity (Wildman–Crippen MR) is 127 cm³/mol. The van der Waals surface area contributed by atoms with Gasteiger partial charge >= 0.3 is 17.9 Å². The van der Waals surface area contributed by atoms with Crippen LogP contribution in [0.1, 0.15) is 23.4 Å². The highest BCUT2D eigenvalue weighted by atomic mass is 32.1. The molecule has 0 aromatic carbocycles. The Morgan fingerprint density at radius 3 is 2.35 bits per heavy atom. The van der Waals surface area contributed by atoms with Gasteiger partial charge in [-0.3, -0.25) is 18.8 Å². The molecule has 1 N–H and O–H groups in total. The number of nitrogens with one attached hydrogen (secondary N) is 1. The molecule has 0 fully saturated rings. The van der Waals surface area contributed by atoms with Crippen LogP contribution < -0.4 is 10.9 Å². The van der Waals surface area contributed by atoms with E-state index in [0.717, 1.165) is 11.4 Å². The highest BCUT2D eigenvalue weighted by Crippen LogP contribution is 2.15. The first-order valence-electron chi connectivity index (χ1n) is 9.74. The van der Waals surface area contributed by atoms with Gasteiger partial charge in [0.2, 0.25) is 0 Å². The van der Waals surface area contributed by atoms with E-state index in [-0.39, 0.29) is 24.0 Å². The lowest BCUT2D eigenvalue weighted by Gasteiger charge is -2.04. The summed E-state index contributed by atoms with van der Waals surface area (Å²) in [5, 5.41) is 7.21. The third-order valence-corrected chi connectivity index (χ3v) is 6.10. The Morgan fingerprint density at radius 2 is 1.76 bits per heavy atom. The molecule has 0 saturated heterocycles. The number of esters is 3. The normalized spacial score (nSPS) is 10.8. The van der Waals surface area contributed by atoms with Crippen LogP contribution in [0.3, 0.4) is 0 Å². The number of methoxy groups -OCH3 is 3. The Bertz CT molecular complexity index is 1260. The van der Waals surface area contributed by atoms with E-state index in [1.54, 1.807) is 0 Å². The highest BCUT2D eigenvalue weighted by Gasteiger charge is 2.15. The molecule has 3 rings (SSSR count). The van der Waals surface area contributed by atoms with Gasteiger partial charge in [-0.1, -0.05) is 0 Å². The smallest absolute Gasteiger partial charge is 0.335 e. The van der Waals surface area contributed by atoms with Gasteiger partial charge in [0.15, 0.2) is 10.1 Å². The second-order valence-corrected chi connectivity index (χ2v) is 8.38. The molecule has 3 heterocycles. The lowest BCUT2D eigenvalue weighted by atomic mass is 10.2. The van der Waals surface area contributed by atoms with Crippen LogP contribution >= 0.6 is 22.7 Å². The third kappa shape index (κ3) is 7.22. The van der Waals surface area contributed by atoms with E-state index in [0.29, 0.717) is 15.7 Å². The highest BCUT2D eigenvalue weighted by molar-refractivity contribution is 7.15. The minimum atomic E-state index is -0.582. The molecule has 0 amide bonds. The summed E-state index contributed by atoms with van der Waals surface area (Å²) in [5.41, 5.74) is 2.03. The minimum absolute atomic E-state index is 0.0411. The van der Waals surface area contributed by atoms with Gasteiger partial charge in [-0.05, 0) is 13.8 Å². The Morgan fingerprint density at radius 1 is 1.06 bits per heavy atom. The molecule has 11 nitrogen and oxygen atoms in total. The van der Waals surface area contributed by atoms with Crippen molar-refractivity contribution < 1.29 is 28.6 Å². The molecule has 0 saturated carbocycles. The summed E-state index contributed by atoms with van der Waals surface area (Å²) in [5.74, 6) is -1.53. The maximum absolute atomic E-state index is 12.0. The number of anilines is 1. The fraction of sp³-hybridized carbons (Fsp3) is 0.333. The second-order valence-electron chi connectivity index (χ2n) is 6.69. The first-order chi connectivity index (χ1) is 16.2. The minimum Gasteiger partial charge on any atom is -0.469 e. The van der Waals surface area contributed by atoms with Gasteiger partial charge in [0.25, 0.3) is 5.56 Å². The van der Waals surface area contributed by atoms with Crippen molar-refractivity contribution in [1.82, 2.24) is 14.4 Å². The van der Waals surface area contributed by atoms with Crippen molar-refractivity contribution in [3.63, 3.8) is 0 Å². The van der Waals surface area contributed by atoms with Gasteiger partial charge in [0, 0.05) is 34.4 Å². The van der Waals surface area contributed by atoms with Crippen LogP contribution in [0.25, 0.3) is 4.96 Å². The number of nitrogens with zero attached hydrogens (tertiary/aromatic N) is 3. The van der Waals surface area contributed by atoms with E-state index < -0.39 is 17.9 Å². The lowest BCUT2D eigenvalue weighted by Crippen LogP contribution is -2.22. The van der Waals surface area contributed by atoms with Gasteiger partial charge in [0.05, 0.1) is 45.4 Å². The van der Waals surface area contributed by atoms with E-state index >= 15 is 0 Å². The van der Waals surface area contributed by atoms with Crippen molar-refractivity contribution in [2.75, 3.05) is 26.6 Å². The average Bonchev–Trinajstić information content (AvgIpc) is 3.43. The van der Waals surface area contributed by atoms with Gasteiger partial charge in [0.1, 0.15) is 0 Å². The quantitative estimate of drug-likeness (QED) is 0.287. The van der Waals surface area contributed by atoms with E-state index in [2.05, 4.69) is 29.5 Å². The molecule has 0 aliphatic carbocycles. The zero-order chi connectivity index (χ0) is 25.3. The van der Waals surface area contributed by atoms with Gasteiger partial charge in [-0.15, -0.1) is 22.7 Å². The summed E-state index contributed by atoms with van der Waals surface area (Å²) >= 11 is 2.80. The van der Waals surface area contributed by atoms with Crippen LogP contribution in [0, 0.1) is 13.8 Å². The number of thiazole rings is 2. The van der Waals surface area contributed by atoms with Crippen molar-refractivity contribution in [1.29, 1.82) is 0 Å². The van der Waals surface area contributed by atoms with Crippen LogP contribution in [0.5, 0.6) is 0 Å². The monoisotopic (exact) mass is 508 g/mol. The molecule has 182 valence electrons. The molecule has 3 aromatic heterocycles. The van der Waals surface area contributed by atoms with E-state index in [4.69, 9.17) is 0 Å². The maximum atomic E-state index is 12.0. The molecule has 0 bridgehead atoms. The maximum Gasteiger partial charge on any atom is 0.335 e. The number of carbonyl (C=O) groups excluding carboxylic acids is 3. The fourth-order valence-electron chi connectivity index (χ4n) is 2.52. The molecule has 0 atom stereocenters. The first kappa shape index (κ1) is 26.7. The molecule has 0 radical (unpaired) electrons. The number of carbonyl (C=O) groups is 3. The summed E-state index contributed by atoms with van der Waals surface area (Å²) < 4.78 is 15.1. The first-order valence-corrected chi connectivity index (χ1v) is 11.5. The van der Waals surface area contributed by atoms with Crippen molar-refractivity contribution in [2.24, 2.45) is 0 Å². The average molecular weight is 509 g/mol. The zero-order valence-electron chi connectivity index (χ0n) is 19.2. The summed E-state index contributed by atoms with van der Waals surface area (Å²) in [6.45, 7) is 3.69. The van der Waals surface area contributed by atoms with Crippen LogP contribution in [-0.4, -0.2) is 53.6 Å². The Labute approximate surface area is 203 Å². The number of hydrogen-bond acceptors (Lipinski definition) is 12. The topological polar surface area (TPSA) is 138 Å².